The summed E-state index contributed by atoms with van der Waals surface area (Å²) in [5, 5.41) is 4.39. The number of ether oxygens (including phenoxy) is 1. The smallest absolute Gasteiger partial charge is 0.255 e. The van der Waals surface area contributed by atoms with Gasteiger partial charge in [0, 0.05) is 6.61 Å². The highest BCUT2D eigenvalue weighted by Crippen LogP contribution is 2.26. The molecule has 0 radical (unpaired) electrons. The maximum absolute atomic E-state index is 5.39. The van der Waals surface area contributed by atoms with Crippen LogP contribution in [-0.4, -0.2) is 16.7 Å². The second-order valence-corrected chi connectivity index (χ2v) is 3.24. The molecule has 1 aliphatic rings. The van der Waals surface area contributed by atoms with Crippen molar-refractivity contribution < 1.29 is 9.26 Å². The summed E-state index contributed by atoms with van der Waals surface area (Å²) in [6.07, 6.45) is 2.10. The fraction of sp³-hybridized carbons (Fsp3) is 0.714. The molecule has 0 saturated carbocycles. The van der Waals surface area contributed by atoms with E-state index in [1.807, 2.05) is 0 Å². The molecular weight excluding hydrogens is 224 g/mol. The Morgan fingerprint density at radius 2 is 2.50 bits per heavy atom. The lowest BCUT2D eigenvalue weighted by Gasteiger charge is -2.00. The van der Waals surface area contributed by atoms with Crippen molar-refractivity contribution in [2.45, 2.75) is 24.3 Å². The first-order chi connectivity index (χ1) is 5.90. The van der Waals surface area contributed by atoms with Gasteiger partial charge < -0.3 is 9.26 Å². The summed E-state index contributed by atoms with van der Waals surface area (Å²) >= 11 is 3.25. The molecule has 1 atom stereocenters. The van der Waals surface area contributed by atoms with Crippen LogP contribution in [-0.2, 0) is 10.1 Å². The first-order valence-electron chi connectivity index (χ1n) is 3.90. The predicted octanol–water partition coefficient (Wildman–Crippen LogP) is 1.82. The van der Waals surface area contributed by atoms with Gasteiger partial charge in [-0.05, 0) is 12.8 Å². The number of hydrogen-bond acceptors (Lipinski definition) is 4. The van der Waals surface area contributed by atoms with Crippen LogP contribution in [0.4, 0.5) is 0 Å². The van der Waals surface area contributed by atoms with Gasteiger partial charge in [-0.15, -0.1) is 0 Å². The van der Waals surface area contributed by atoms with Crippen LogP contribution in [0.3, 0.4) is 0 Å². The van der Waals surface area contributed by atoms with E-state index in [-0.39, 0.29) is 6.10 Å². The van der Waals surface area contributed by atoms with Gasteiger partial charge in [0.05, 0.1) is 5.33 Å². The van der Waals surface area contributed by atoms with E-state index < -0.39 is 0 Å². The van der Waals surface area contributed by atoms with E-state index in [0.29, 0.717) is 17.0 Å². The first-order valence-corrected chi connectivity index (χ1v) is 5.02. The Hall–Kier alpha value is -0.420. The largest absolute Gasteiger partial charge is 0.368 e. The highest BCUT2D eigenvalue weighted by molar-refractivity contribution is 9.08. The fourth-order valence-corrected chi connectivity index (χ4v) is 1.45. The summed E-state index contributed by atoms with van der Waals surface area (Å²) in [6.45, 7) is 0.802. The standard InChI is InChI=1S/C7H9BrN2O2/c8-4-6-9-7(12-10-6)5-2-1-3-11-5/h5H,1-4H2. The van der Waals surface area contributed by atoms with Gasteiger partial charge in [0.2, 0.25) is 0 Å². The van der Waals surface area contributed by atoms with Gasteiger partial charge in [-0.3, -0.25) is 0 Å². The molecule has 2 heterocycles. The topological polar surface area (TPSA) is 48.2 Å². The third-order valence-electron chi connectivity index (χ3n) is 1.81. The van der Waals surface area contributed by atoms with Crippen molar-refractivity contribution >= 4 is 15.9 Å². The maximum Gasteiger partial charge on any atom is 0.255 e. The number of halogens is 1. The minimum absolute atomic E-state index is 0.0327. The normalized spacial score (nSPS) is 23.2. The van der Waals surface area contributed by atoms with E-state index in [0.717, 1.165) is 19.4 Å². The van der Waals surface area contributed by atoms with E-state index in [1.165, 1.54) is 0 Å². The van der Waals surface area contributed by atoms with Gasteiger partial charge in [-0.1, -0.05) is 21.1 Å². The highest BCUT2D eigenvalue weighted by atomic mass is 79.9. The van der Waals surface area contributed by atoms with Gasteiger partial charge in [0.1, 0.15) is 6.10 Å². The number of nitrogens with zero attached hydrogens (tertiary/aromatic N) is 2. The van der Waals surface area contributed by atoms with E-state index in [1.54, 1.807) is 0 Å². The zero-order valence-electron chi connectivity index (χ0n) is 6.49. The molecule has 66 valence electrons. The van der Waals surface area contributed by atoms with Crippen molar-refractivity contribution in [3.63, 3.8) is 0 Å². The Balaban J connectivity index is 2.11. The van der Waals surface area contributed by atoms with Crippen LogP contribution in [0.1, 0.15) is 30.7 Å². The molecule has 0 bridgehead atoms. The van der Waals surface area contributed by atoms with Gasteiger partial charge in [0.25, 0.3) is 5.89 Å². The van der Waals surface area contributed by atoms with Crippen LogP contribution in [0.2, 0.25) is 0 Å². The lowest BCUT2D eigenvalue weighted by Crippen LogP contribution is -1.95. The van der Waals surface area contributed by atoms with Crippen molar-refractivity contribution in [1.82, 2.24) is 10.1 Å². The third kappa shape index (κ3) is 1.51. The molecule has 2 rings (SSSR count). The molecule has 0 aromatic carbocycles. The second kappa shape index (κ2) is 3.53. The summed E-state index contributed by atoms with van der Waals surface area (Å²) in [5.74, 6) is 1.29. The summed E-state index contributed by atoms with van der Waals surface area (Å²) < 4.78 is 10.4. The van der Waals surface area contributed by atoms with Crippen LogP contribution < -0.4 is 0 Å². The van der Waals surface area contributed by atoms with E-state index in [4.69, 9.17) is 9.26 Å². The van der Waals surface area contributed by atoms with Crippen molar-refractivity contribution in [2.75, 3.05) is 6.61 Å². The Morgan fingerprint density at radius 1 is 1.58 bits per heavy atom. The number of hydrogen-bond donors (Lipinski definition) is 0. The third-order valence-corrected chi connectivity index (χ3v) is 2.31. The molecule has 0 amide bonds. The fourth-order valence-electron chi connectivity index (χ4n) is 1.22. The molecule has 12 heavy (non-hydrogen) atoms. The maximum atomic E-state index is 5.39. The van der Waals surface area contributed by atoms with Gasteiger partial charge in [0.15, 0.2) is 5.82 Å². The number of aromatic nitrogens is 2. The lowest BCUT2D eigenvalue weighted by molar-refractivity contribution is 0.0835. The molecule has 0 N–H and O–H groups in total. The van der Waals surface area contributed by atoms with Crippen molar-refractivity contribution in [3.05, 3.63) is 11.7 Å². The highest BCUT2D eigenvalue weighted by Gasteiger charge is 2.23. The molecule has 1 aromatic heterocycles. The van der Waals surface area contributed by atoms with Gasteiger partial charge >= 0.3 is 0 Å². The summed E-state index contributed by atoms with van der Waals surface area (Å²) in [6, 6.07) is 0. The number of rotatable bonds is 2. The van der Waals surface area contributed by atoms with Crippen LogP contribution in [0.5, 0.6) is 0 Å². The number of alkyl halides is 1. The summed E-state index contributed by atoms with van der Waals surface area (Å²) in [4.78, 5) is 4.16. The van der Waals surface area contributed by atoms with Crippen molar-refractivity contribution in [2.24, 2.45) is 0 Å². The average molecular weight is 233 g/mol. The molecule has 0 aliphatic carbocycles. The minimum atomic E-state index is 0.0327. The van der Waals surface area contributed by atoms with E-state index >= 15 is 0 Å². The zero-order valence-corrected chi connectivity index (χ0v) is 8.08. The molecule has 1 fully saturated rings. The van der Waals surface area contributed by atoms with Crippen LogP contribution in [0, 0.1) is 0 Å². The average Bonchev–Trinajstić information content (AvgIpc) is 2.75. The van der Waals surface area contributed by atoms with Crippen LogP contribution in [0.15, 0.2) is 4.52 Å². The quantitative estimate of drug-likeness (QED) is 0.731. The Bertz CT molecular complexity index is 258. The Morgan fingerprint density at radius 3 is 3.08 bits per heavy atom. The minimum Gasteiger partial charge on any atom is -0.368 e. The summed E-state index contributed by atoms with van der Waals surface area (Å²) in [5.41, 5.74) is 0. The first kappa shape index (κ1) is 8.19. The van der Waals surface area contributed by atoms with Crippen LogP contribution >= 0.6 is 15.9 Å². The lowest BCUT2D eigenvalue weighted by atomic mass is 10.2. The summed E-state index contributed by atoms with van der Waals surface area (Å²) in [7, 11) is 0. The van der Waals surface area contributed by atoms with Gasteiger partial charge in [-0.2, -0.15) is 4.98 Å². The molecule has 1 unspecified atom stereocenters. The Kier molecular flexibility index (Phi) is 2.41. The molecule has 5 heteroatoms. The molecule has 1 saturated heterocycles. The second-order valence-electron chi connectivity index (χ2n) is 2.68. The van der Waals surface area contributed by atoms with Crippen molar-refractivity contribution in [3.8, 4) is 0 Å². The predicted molar refractivity (Wildman–Crippen MR) is 44.9 cm³/mol. The monoisotopic (exact) mass is 232 g/mol. The SMILES string of the molecule is BrCc1noc(C2CCCO2)n1. The Labute approximate surface area is 78.4 Å². The van der Waals surface area contributed by atoms with Crippen LogP contribution in [0.25, 0.3) is 0 Å². The molecule has 4 nitrogen and oxygen atoms in total. The van der Waals surface area contributed by atoms with Crippen molar-refractivity contribution in [1.29, 1.82) is 0 Å². The molecule has 0 spiro atoms. The molecule has 1 aromatic rings. The van der Waals surface area contributed by atoms with E-state index in [2.05, 4.69) is 26.1 Å². The van der Waals surface area contributed by atoms with Gasteiger partial charge in [-0.25, -0.2) is 0 Å². The van der Waals surface area contributed by atoms with E-state index in [9.17, 15) is 0 Å². The molecular formula is C7H9BrN2O2. The zero-order chi connectivity index (χ0) is 8.39. The molecule has 1 aliphatic heterocycles.